The third kappa shape index (κ3) is 3.13. The molecule has 0 fully saturated rings. The van der Waals surface area contributed by atoms with E-state index in [1.807, 2.05) is 6.07 Å². The molecule has 1 aromatic carbocycles. The van der Waals surface area contributed by atoms with E-state index in [0.717, 1.165) is 11.3 Å². The van der Waals surface area contributed by atoms with Gasteiger partial charge in [-0.1, -0.05) is 52.0 Å². The zero-order chi connectivity index (χ0) is 15.6. The summed E-state index contributed by atoms with van der Waals surface area (Å²) < 4.78 is 0. The average molecular weight is 283 g/mol. The summed E-state index contributed by atoms with van der Waals surface area (Å²) in [6.07, 6.45) is 0. The predicted octanol–water partition coefficient (Wildman–Crippen LogP) is 4.69. The Morgan fingerprint density at radius 3 is 1.95 bits per heavy atom. The van der Waals surface area contributed by atoms with Gasteiger partial charge in [-0.3, -0.25) is 0 Å². The molecular formula is C18H21NO2. The fourth-order valence-electron chi connectivity index (χ4n) is 2.54. The molecule has 2 rings (SSSR count). The minimum absolute atomic E-state index is 0.0840. The molecule has 1 N–H and O–H groups in total. The van der Waals surface area contributed by atoms with Crippen LogP contribution in [0.3, 0.4) is 0 Å². The number of pyridine rings is 1. The van der Waals surface area contributed by atoms with Gasteiger partial charge in [-0.15, -0.1) is 0 Å². The van der Waals surface area contributed by atoms with Crippen LogP contribution in [0.5, 0.6) is 0 Å². The van der Waals surface area contributed by atoms with E-state index in [1.165, 1.54) is 17.2 Å². The van der Waals surface area contributed by atoms with E-state index >= 15 is 0 Å². The number of hydrogen-bond acceptors (Lipinski definition) is 2. The van der Waals surface area contributed by atoms with Gasteiger partial charge in [0.05, 0.1) is 5.69 Å². The molecule has 0 atom stereocenters. The van der Waals surface area contributed by atoms with Gasteiger partial charge >= 0.3 is 5.97 Å². The number of carboxylic acid groups (broad SMARTS) is 1. The second kappa shape index (κ2) is 6.08. The highest BCUT2D eigenvalue weighted by atomic mass is 16.4. The number of carbonyl (C=O) groups is 1. The van der Waals surface area contributed by atoms with Crippen LogP contribution >= 0.6 is 0 Å². The molecule has 2 aromatic rings. The zero-order valence-electron chi connectivity index (χ0n) is 12.9. The smallest absolute Gasteiger partial charge is 0.354 e. The van der Waals surface area contributed by atoms with Crippen molar-refractivity contribution in [2.45, 2.75) is 39.5 Å². The van der Waals surface area contributed by atoms with E-state index in [0.29, 0.717) is 11.8 Å². The lowest BCUT2D eigenvalue weighted by Crippen LogP contribution is -2.04. The number of nitrogens with zero attached hydrogens (tertiary/aromatic N) is 1. The van der Waals surface area contributed by atoms with Crippen LogP contribution in [0.25, 0.3) is 11.3 Å². The van der Waals surface area contributed by atoms with E-state index in [1.54, 1.807) is 6.07 Å². The Labute approximate surface area is 125 Å². The molecule has 0 radical (unpaired) electrons. The molecule has 0 saturated carbocycles. The predicted molar refractivity (Wildman–Crippen MR) is 84.8 cm³/mol. The van der Waals surface area contributed by atoms with Crippen LogP contribution in [-0.2, 0) is 0 Å². The highest BCUT2D eigenvalue weighted by Gasteiger charge is 2.17. The van der Waals surface area contributed by atoms with Crippen molar-refractivity contribution in [1.82, 2.24) is 4.98 Å². The first-order valence-electron chi connectivity index (χ1n) is 7.25. The molecule has 1 heterocycles. The topological polar surface area (TPSA) is 50.2 Å². The zero-order valence-corrected chi connectivity index (χ0v) is 12.9. The number of benzene rings is 1. The summed E-state index contributed by atoms with van der Waals surface area (Å²) in [5.41, 5.74) is 4.31. The molecule has 21 heavy (non-hydrogen) atoms. The van der Waals surface area contributed by atoms with Crippen LogP contribution in [0, 0.1) is 0 Å². The molecule has 3 heteroatoms. The first-order chi connectivity index (χ1) is 9.91. The SMILES string of the molecule is CC(C)c1cccc(C(C)C)c1-c1cccc(C(=O)O)n1. The summed E-state index contributed by atoms with van der Waals surface area (Å²) in [6.45, 7) is 8.57. The maximum absolute atomic E-state index is 11.2. The monoisotopic (exact) mass is 283 g/mol. The second-order valence-electron chi connectivity index (χ2n) is 5.83. The van der Waals surface area contributed by atoms with Gasteiger partial charge in [0, 0.05) is 5.56 Å². The molecule has 0 spiro atoms. The summed E-state index contributed by atoms with van der Waals surface area (Å²) in [5, 5.41) is 9.15. The van der Waals surface area contributed by atoms with Gasteiger partial charge in [0.1, 0.15) is 5.69 Å². The van der Waals surface area contributed by atoms with E-state index in [-0.39, 0.29) is 5.69 Å². The Kier molecular flexibility index (Phi) is 4.41. The Morgan fingerprint density at radius 2 is 1.48 bits per heavy atom. The quantitative estimate of drug-likeness (QED) is 0.885. The van der Waals surface area contributed by atoms with Crippen molar-refractivity contribution in [3.8, 4) is 11.3 Å². The van der Waals surface area contributed by atoms with Crippen molar-refractivity contribution >= 4 is 5.97 Å². The summed E-state index contributed by atoms with van der Waals surface area (Å²) in [7, 11) is 0. The van der Waals surface area contributed by atoms with Crippen LogP contribution in [0.1, 0.15) is 61.1 Å². The molecule has 0 saturated heterocycles. The standard InChI is InChI=1S/C18H21NO2/c1-11(2)13-7-5-8-14(12(3)4)17(13)15-9-6-10-16(19-15)18(20)21/h5-12H,1-4H3,(H,20,21). The third-order valence-corrected chi connectivity index (χ3v) is 3.60. The fraction of sp³-hybridized carbons (Fsp3) is 0.333. The van der Waals surface area contributed by atoms with E-state index in [9.17, 15) is 4.79 Å². The number of aromatic carboxylic acids is 1. The third-order valence-electron chi connectivity index (χ3n) is 3.60. The van der Waals surface area contributed by atoms with Gasteiger partial charge in [0.2, 0.25) is 0 Å². The highest BCUT2D eigenvalue weighted by Crippen LogP contribution is 2.35. The highest BCUT2D eigenvalue weighted by molar-refractivity contribution is 5.86. The molecule has 0 unspecified atom stereocenters. The Bertz CT molecular complexity index is 634. The Morgan fingerprint density at radius 1 is 0.952 bits per heavy atom. The molecule has 0 bridgehead atoms. The molecule has 3 nitrogen and oxygen atoms in total. The number of carboxylic acids is 1. The van der Waals surface area contributed by atoms with E-state index in [4.69, 9.17) is 5.11 Å². The molecule has 0 aliphatic rings. The average Bonchev–Trinajstić information content (AvgIpc) is 2.46. The molecule has 0 amide bonds. The maximum atomic E-state index is 11.2. The molecule has 1 aromatic heterocycles. The van der Waals surface area contributed by atoms with Crippen molar-refractivity contribution in [2.24, 2.45) is 0 Å². The summed E-state index contributed by atoms with van der Waals surface area (Å²) >= 11 is 0. The summed E-state index contributed by atoms with van der Waals surface area (Å²) in [5.74, 6) is -0.284. The maximum Gasteiger partial charge on any atom is 0.354 e. The molecule has 110 valence electrons. The van der Waals surface area contributed by atoms with Gasteiger partial charge in [-0.05, 0) is 35.1 Å². The summed E-state index contributed by atoms with van der Waals surface area (Å²) in [4.78, 5) is 15.5. The largest absolute Gasteiger partial charge is 0.477 e. The minimum Gasteiger partial charge on any atom is -0.477 e. The Balaban J connectivity index is 2.71. The van der Waals surface area contributed by atoms with Crippen LogP contribution in [0.4, 0.5) is 0 Å². The number of hydrogen-bond donors (Lipinski definition) is 1. The minimum atomic E-state index is -0.995. The van der Waals surface area contributed by atoms with Crippen LogP contribution < -0.4 is 0 Å². The van der Waals surface area contributed by atoms with E-state index < -0.39 is 5.97 Å². The van der Waals surface area contributed by atoms with Gasteiger partial charge < -0.3 is 5.11 Å². The van der Waals surface area contributed by atoms with Crippen molar-refractivity contribution in [3.63, 3.8) is 0 Å². The van der Waals surface area contributed by atoms with E-state index in [2.05, 4.69) is 50.9 Å². The van der Waals surface area contributed by atoms with Crippen molar-refractivity contribution in [1.29, 1.82) is 0 Å². The molecular weight excluding hydrogens is 262 g/mol. The van der Waals surface area contributed by atoms with Crippen molar-refractivity contribution in [3.05, 3.63) is 53.2 Å². The van der Waals surface area contributed by atoms with Gasteiger partial charge in [0.25, 0.3) is 0 Å². The van der Waals surface area contributed by atoms with Crippen LogP contribution in [-0.4, -0.2) is 16.1 Å². The molecule has 0 aliphatic carbocycles. The van der Waals surface area contributed by atoms with Gasteiger partial charge in [-0.2, -0.15) is 0 Å². The number of aromatic nitrogens is 1. The summed E-state index contributed by atoms with van der Waals surface area (Å²) in [6, 6.07) is 11.4. The van der Waals surface area contributed by atoms with Crippen molar-refractivity contribution < 1.29 is 9.90 Å². The first-order valence-corrected chi connectivity index (χ1v) is 7.25. The lowest BCUT2D eigenvalue weighted by molar-refractivity contribution is 0.0690. The lowest BCUT2D eigenvalue weighted by Gasteiger charge is -2.19. The van der Waals surface area contributed by atoms with Crippen molar-refractivity contribution in [2.75, 3.05) is 0 Å². The van der Waals surface area contributed by atoms with Crippen LogP contribution in [0.15, 0.2) is 36.4 Å². The molecule has 0 aliphatic heterocycles. The fourth-order valence-corrected chi connectivity index (χ4v) is 2.54. The second-order valence-corrected chi connectivity index (χ2v) is 5.83. The Hall–Kier alpha value is -2.16. The lowest BCUT2D eigenvalue weighted by atomic mass is 9.87. The normalized spacial score (nSPS) is 11.1. The number of rotatable bonds is 4. The van der Waals surface area contributed by atoms with Crippen LogP contribution in [0.2, 0.25) is 0 Å². The first kappa shape index (κ1) is 15.2. The van der Waals surface area contributed by atoms with Gasteiger partial charge in [-0.25, -0.2) is 9.78 Å². The van der Waals surface area contributed by atoms with Gasteiger partial charge in [0.15, 0.2) is 0 Å².